The van der Waals surface area contributed by atoms with Gasteiger partial charge in [0.1, 0.15) is 10.6 Å². The summed E-state index contributed by atoms with van der Waals surface area (Å²) in [6, 6.07) is 20.4. The Balaban J connectivity index is 1.96. The third-order valence-corrected chi connectivity index (χ3v) is 6.95. The lowest BCUT2D eigenvalue weighted by atomic mass is 10.1. The quantitative estimate of drug-likeness (QED) is 0.415. The van der Waals surface area contributed by atoms with E-state index < -0.39 is 15.3 Å². The summed E-state index contributed by atoms with van der Waals surface area (Å²) in [5, 5.41) is 0.902. The molecule has 4 rings (SSSR count). The average molecular weight is 454 g/mol. The van der Waals surface area contributed by atoms with E-state index in [0.717, 1.165) is 5.56 Å². The van der Waals surface area contributed by atoms with Crippen LogP contribution in [0.15, 0.2) is 93.6 Å². The average Bonchev–Trinajstić information content (AvgIpc) is 2.78. The summed E-state index contributed by atoms with van der Waals surface area (Å²) >= 11 is 5.99. The lowest BCUT2D eigenvalue weighted by Gasteiger charge is -2.15. The molecule has 31 heavy (non-hydrogen) atoms. The fraction of sp³-hybridized carbons (Fsp3) is 0.125. The van der Waals surface area contributed by atoms with Crippen LogP contribution in [0.3, 0.4) is 0 Å². The van der Waals surface area contributed by atoms with E-state index in [9.17, 15) is 13.2 Å². The minimum Gasteiger partial charge on any atom is -0.494 e. The highest BCUT2D eigenvalue weighted by molar-refractivity contribution is 7.91. The van der Waals surface area contributed by atoms with Gasteiger partial charge in [-0.05, 0) is 55.0 Å². The van der Waals surface area contributed by atoms with Crippen LogP contribution in [0, 0.1) is 0 Å². The molecule has 5 nitrogen and oxygen atoms in total. The SMILES string of the molecule is CCOc1ccc2c(c1)c(=O)c(S(=O)(=O)c1ccccc1)cn2Cc1ccc(Cl)cc1. The van der Waals surface area contributed by atoms with Gasteiger partial charge in [0.15, 0.2) is 0 Å². The zero-order valence-electron chi connectivity index (χ0n) is 16.8. The number of aromatic nitrogens is 1. The van der Waals surface area contributed by atoms with Crippen molar-refractivity contribution in [2.75, 3.05) is 6.61 Å². The minimum atomic E-state index is -4.00. The molecule has 0 bridgehead atoms. The standard InChI is InChI=1S/C24H20ClNO4S/c1-2-30-19-12-13-22-21(14-19)24(27)23(31(28,29)20-6-4-3-5-7-20)16-26(22)15-17-8-10-18(25)11-9-17/h3-14,16H,2,15H2,1H3. The van der Waals surface area contributed by atoms with Crippen molar-refractivity contribution in [2.24, 2.45) is 0 Å². The van der Waals surface area contributed by atoms with E-state index in [4.69, 9.17) is 16.3 Å². The normalized spacial score (nSPS) is 11.5. The van der Waals surface area contributed by atoms with Crippen molar-refractivity contribution in [2.45, 2.75) is 23.3 Å². The van der Waals surface area contributed by atoms with Crippen LogP contribution in [-0.2, 0) is 16.4 Å². The second-order valence-corrected chi connectivity index (χ2v) is 9.36. The van der Waals surface area contributed by atoms with E-state index in [2.05, 4.69) is 0 Å². The van der Waals surface area contributed by atoms with E-state index in [1.807, 2.05) is 19.1 Å². The van der Waals surface area contributed by atoms with E-state index in [1.54, 1.807) is 53.1 Å². The number of hydrogen-bond donors (Lipinski definition) is 0. The van der Waals surface area contributed by atoms with Crippen LogP contribution in [0.2, 0.25) is 5.02 Å². The Hall–Kier alpha value is -3.09. The van der Waals surface area contributed by atoms with Gasteiger partial charge >= 0.3 is 0 Å². The molecule has 1 heterocycles. The second kappa shape index (κ2) is 8.57. The lowest BCUT2D eigenvalue weighted by molar-refractivity contribution is 0.340. The molecular weight excluding hydrogens is 434 g/mol. The molecule has 0 unspecified atom stereocenters. The molecule has 0 fully saturated rings. The number of halogens is 1. The van der Waals surface area contributed by atoms with Crippen LogP contribution in [0.1, 0.15) is 12.5 Å². The smallest absolute Gasteiger partial charge is 0.211 e. The van der Waals surface area contributed by atoms with Crippen molar-refractivity contribution in [3.63, 3.8) is 0 Å². The summed E-state index contributed by atoms with van der Waals surface area (Å²) in [4.78, 5) is 13.1. The van der Waals surface area contributed by atoms with Gasteiger partial charge in [0.25, 0.3) is 0 Å². The Bertz CT molecular complexity index is 1400. The van der Waals surface area contributed by atoms with Crippen LogP contribution < -0.4 is 10.2 Å². The maximum Gasteiger partial charge on any atom is 0.211 e. The molecule has 3 aromatic carbocycles. The third kappa shape index (κ3) is 4.22. The fourth-order valence-corrected chi connectivity index (χ4v) is 4.96. The highest BCUT2D eigenvalue weighted by Gasteiger charge is 2.24. The fourth-order valence-electron chi connectivity index (χ4n) is 3.44. The van der Waals surface area contributed by atoms with Gasteiger partial charge in [-0.25, -0.2) is 8.42 Å². The van der Waals surface area contributed by atoms with Crippen LogP contribution in [0.5, 0.6) is 5.75 Å². The number of fused-ring (bicyclic) bond motifs is 1. The lowest BCUT2D eigenvalue weighted by Crippen LogP contribution is -2.19. The van der Waals surface area contributed by atoms with Gasteiger partial charge in [-0.3, -0.25) is 4.79 Å². The second-order valence-electron chi connectivity index (χ2n) is 7.01. The first-order valence-corrected chi connectivity index (χ1v) is 11.6. The van der Waals surface area contributed by atoms with Crippen molar-refractivity contribution in [3.05, 3.63) is 99.8 Å². The highest BCUT2D eigenvalue weighted by Crippen LogP contribution is 2.25. The predicted octanol–water partition coefficient (Wildman–Crippen LogP) is 4.93. The Morgan fingerprint density at radius 3 is 2.35 bits per heavy atom. The van der Waals surface area contributed by atoms with E-state index >= 15 is 0 Å². The maximum atomic E-state index is 13.3. The first kappa shape index (κ1) is 21.2. The van der Waals surface area contributed by atoms with Crippen molar-refractivity contribution >= 4 is 32.3 Å². The molecule has 0 radical (unpaired) electrons. The van der Waals surface area contributed by atoms with Gasteiger partial charge in [-0.1, -0.05) is 41.9 Å². The van der Waals surface area contributed by atoms with E-state index in [1.165, 1.54) is 18.3 Å². The van der Waals surface area contributed by atoms with Crippen molar-refractivity contribution in [3.8, 4) is 5.75 Å². The van der Waals surface area contributed by atoms with Crippen molar-refractivity contribution in [1.82, 2.24) is 4.57 Å². The van der Waals surface area contributed by atoms with Crippen LogP contribution in [-0.4, -0.2) is 19.6 Å². The first-order chi connectivity index (χ1) is 14.9. The molecule has 0 atom stereocenters. The summed E-state index contributed by atoms with van der Waals surface area (Å²) in [6.07, 6.45) is 1.42. The Morgan fingerprint density at radius 2 is 1.68 bits per heavy atom. The summed E-state index contributed by atoms with van der Waals surface area (Å²) in [5.74, 6) is 0.513. The van der Waals surface area contributed by atoms with Gasteiger partial charge in [0.05, 0.1) is 22.4 Å². The number of ether oxygens (including phenoxy) is 1. The van der Waals surface area contributed by atoms with Crippen LogP contribution >= 0.6 is 11.6 Å². The minimum absolute atomic E-state index is 0.0745. The molecule has 0 amide bonds. The maximum absolute atomic E-state index is 13.3. The monoisotopic (exact) mass is 453 g/mol. The molecule has 158 valence electrons. The third-order valence-electron chi connectivity index (χ3n) is 4.94. The van der Waals surface area contributed by atoms with Gasteiger partial charge < -0.3 is 9.30 Å². The summed E-state index contributed by atoms with van der Waals surface area (Å²) < 4.78 is 33.9. The molecule has 0 N–H and O–H groups in total. The number of benzene rings is 3. The van der Waals surface area contributed by atoms with Crippen LogP contribution in [0.4, 0.5) is 0 Å². The zero-order chi connectivity index (χ0) is 22.0. The molecule has 0 aliphatic heterocycles. The molecule has 0 aliphatic rings. The van der Waals surface area contributed by atoms with Crippen molar-refractivity contribution < 1.29 is 13.2 Å². The molecule has 0 spiro atoms. The molecule has 0 aliphatic carbocycles. The molecule has 0 saturated heterocycles. The summed E-state index contributed by atoms with van der Waals surface area (Å²) in [6.45, 7) is 2.66. The number of hydrogen-bond acceptors (Lipinski definition) is 4. The topological polar surface area (TPSA) is 65.4 Å². The predicted molar refractivity (Wildman–Crippen MR) is 122 cm³/mol. The van der Waals surface area contributed by atoms with E-state index in [0.29, 0.717) is 29.4 Å². The molecular formula is C24H20ClNO4S. The number of nitrogens with zero attached hydrogens (tertiary/aromatic N) is 1. The molecule has 4 aromatic rings. The number of sulfone groups is 1. The van der Waals surface area contributed by atoms with Crippen LogP contribution in [0.25, 0.3) is 10.9 Å². The van der Waals surface area contributed by atoms with Gasteiger partial charge in [0.2, 0.25) is 15.3 Å². The molecule has 7 heteroatoms. The van der Waals surface area contributed by atoms with Crippen molar-refractivity contribution in [1.29, 1.82) is 0 Å². The zero-order valence-corrected chi connectivity index (χ0v) is 18.4. The first-order valence-electron chi connectivity index (χ1n) is 9.74. The summed E-state index contributed by atoms with van der Waals surface area (Å²) in [5.41, 5.74) is 0.995. The largest absolute Gasteiger partial charge is 0.494 e. The number of rotatable bonds is 6. The Labute approximate surface area is 185 Å². The van der Waals surface area contributed by atoms with Gasteiger partial charge in [0, 0.05) is 17.8 Å². The Kier molecular flexibility index (Phi) is 5.85. The van der Waals surface area contributed by atoms with E-state index in [-0.39, 0.29) is 15.2 Å². The van der Waals surface area contributed by atoms with Gasteiger partial charge in [-0.15, -0.1) is 0 Å². The highest BCUT2D eigenvalue weighted by atomic mass is 35.5. The van der Waals surface area contributed by atoms with Gasteiger partial charge in [-0.2, -0.15) is 0 Å². The number of pyridine rings is 1. The molecule has 1 aromatic heterocycles. The molecule has 0 saturated carbocycles. The Morgan fingerprint density at radius 1 is 0.968 bits per heavy atom. The summed E-state index contributed by atoms with van der Waals surface area (Å²) in [7, 11) is -4.00.